The van der Waals surface area contributed by atoms with Crippen LogP contribution in [-0.4, -0.2) is 15.2 Å². The number of H-pyrrole nitrogens is 1. The molecule has 0 amide bonds. The van der Waals surface area contributed by atoms with E-state index in [1.807, 2.05) is 0 Å². The smallest absolute Gasteiger partial charge is 0.150 e. The molecule has 1 heterocycles. The minimum absolute atomic E-state index is 0.0646. The van der Waals surface area contributed by atoms with Gasteiger partial charge in [0.25, 0.3) is 0 Å². The highest BCUT2D eigenvalue weighted by atomic mass is 19.1. The molecule has 0 atom stereocenters. The Morgan fingerprint density at radius 2 is 2.06 bits per heavy atom. The summed E-state index contributed by atoms with van der Waals surface area (Å²) in [5.41, 5.74) is -0.356. The Kier molecular flexibility index (Phi) is 2.96. The molecular weight excluding hydrogens is 228 g/mol. The molecule has 7 heteroatoms. The second kappa shape index (κ2) is 4.57. The summed E-state index contributed by atoms with van der Waals surface area (Å²) in [7, 11) is 0. The van der Waals surface area contributed by atoms with Crippen LogP contribution in [0.5, 0.6) is 0 Å². The third kappa shape index (κ3) is 2.36. The number of rotatable bonds is 3. The molecule has 1 aromatic carbocycles. The molecule has 0 aliphatic carbocycles. The second-order valence-corrected chi connectivity index (χ2v) is 3.21. The van der Waals surface area contributed by atoms with Crippen molar-refractivity contribution in [2.75, 3.05) is 5.32 Å². The fraction of sp³-hybridized carbons (Fsp3) is 0.100. The number of anilines is 1. The number of hydrogen-bond acceptors (Lipinski definition) is 4. The van der Waals surface area contributed by atoms with Crippen molar-refractivity contribution in [3.05, 3.63) is 41.5 Å². The van der Waals surface area contributed by atoms with Crippen LogP contribution in [0.15, 0.2) is 18.5 Å². The zero-order chi connectivity index (χ0) is 12.3. The van der Waals surface area contributed by atoms with Crippen LogP contribution in [0.4, 0.5) is 14.5 Å². The molecule has 0 bridgehead atoms. The Balaban J connectivity index is 2.19. The summed E-state index contributed by atoms with van der Waals surface area (Å²) < 4.78 is 26.9. The fourth-order valence-electron chi connectivity index (χ4n) is 1.29. The summed E-state index contributed by atoms with van der Waals surface area (Å²) in [6, 6.07) is 3.60. The highest BCUT2D eigenvalue weighted by molar-refractivity contribution is 5.50. The number of nitrogens with one attached hydrogen (secondary N) is 2. The molecule has 0 aliphatic heterocycles. The monoisotopic (exact) mass is 235 g/mol. The average Bonchev–Trinajstić information content (AvgIpc) is 2.80. The molecule has 0 unspecified atom stereocenters. The Morgan fingerprint density at radius 3 is 2.59 bits per heavy atom. The first kappa shape index (κ1) is 11.0. The molecule has 0 fully saturated rings. The van der Waals surface area contributed by atoms with Crippen molar-refractivity contribution in [1.82, 2.24) is 15.2 Å². The van der Waals surface area contributed by atoms with Gasteiger partial charge < -0.3 is 5.32 Å². The van der Waals surface area contributed by atoms with Crippen molar-refractivity contribution < 1.29 is 8.78 Å². The van der Waals surface area contributed by atoms with Crippen LogP contribution in [0.25, 0.3) is 0 Å². The average molecular weight is 235 g/mol. The summed E-state index contributed by atoms with van der Waals surface area (Å²) in [4.78, 5) is 3.80. The maximum atomic E-state index is 13.4. The summed E-state index contributed by atoms with van der Waals surface area (Å²) in [5.74, 6) is -1.18. The van der Waals surface area contributed by atoms with Crippen molar-refractivity contribution in [1.29, 1.82) is 5.26 Å². The lowest BCUT2D eigenvalue weighted by molar-refractivity contribution is 0.587. The minimum atomic E-state index is -0.818. The normalized spacial score (nSPS) is 9.94. The van der Waals surface area contributed by atoms with E-state index < -0.39 is 11.6 Å². The fourth-order valence-corrected chi connectivity index (χ4v) is 1.29. The topological polar surface area (TPSA) is 77.4 Å². The Labute approximate surface area is 95.1 Å². The molecule has 17 heavy (non-hydrogen) atoms. The maximum absolute atomic E-state index is 13.4. The second-order valence-electron chi connectivity index (χ2n) is 3.21. The molecule has 0 saturated heterocycles. The van der Waals surface area contributed by atoms with E-state index in [1.165, 1.54) is 6.33 Å². The number of nitriles is 1. The van der Waals surface area contributed by atoms with Crippen LogP contribution in [0, 0.1) is 23.0 Å². The number of nitrogens with zero attached hydrogens (tertiary/aromatic N) is 3. The van der Waals surface area contributed by atoms with E-state index in [2.05, 4.69) is 20.5 Å². The number of halogens is 2. The molecule has 0 radical (unpaired) electrons. The molecule has 2 N–H and O–H groups in total. The lowest BCUT2D eigenvalue weighted by Crippen LogP contribution is -2.05. The molecular formula is C10H7F2N5. The highest BCUT2D eigenvalue weighted by Gasteiger charge is 2.11. The van der Waals surface area contributed by atoms with Gasteiger partial charge in [0.1, 0.15) is 17.8 Å². The van der Waals surface area contributed by atoms with E-state index in [0.717, 1.165) is 12.1 Å². The van der Waals surface area contributed by atoms with E-state index in [-0.39, 0.29) is 17.8 Å². The van der Waals surface area contributed by atoms with Gasteiger partial charge in [-0.3, -0.25) is 5.10 Å². The predicted octanol–water partition coefficient (Wildman–Crippen LogP) is 1.57. The van der Waals surface area contributed by atoms with Gasteiger partial charge >= 0.3 is 0 Å². The molecule has 0 saturated carbocycles. The van der Waals surface area contributed by atoms with Crippen LogP contribution in [-0.2, 0) is 6.54 Å². The zero-order valence-electron chi connectivity index (χ0n) is 8.54. The van der Waals surface area contributed by atoms with E-state index in [0.29, 0.717) is 5.82 Å². The third-order valence-electron chi connectivity index (χ3n) is 2.07. The molecule has 0 spiro atoms. The largest absolute Gasteiger partial charge is 0.373 e. The number of aromatic amines is 1. The molecule has 1 aromatic heterocycles. The lowest BCUT2D eigenvalue weighted by Gasteiger charge is -2.07. The van der Waals surface area contributed by atoms with Crippen LogP contribution in [0.2, 0.25) is 0 Å². The van der Waals surface area contributed by atoms with Crippen molar-refractivity contribution in [2.24, 2.45) is 0 Å². The van der Waals surface area contributed by atoms with Crippen LogP contribution < -0.4 is 5.32 Å². The number of hydrogen-bond donors (Lipinski definition) is 2. The van der Waals surface area contributed by atoms with Gasteiger partial charge in [-0.15, -0.1) is 0 Å². The summed E-state index contributed by atoms with van der Waals surface area (Å²) in [6.45, 7) is 0.111. The van der Waals surface area contributed by atoms with Crippen LogP contribution in [0.3, 0.4) is 0 Å². The van der Waals surface area contributed by atoms with Gasteiger partial charge in [0.15, 0.2) is 11.6 Å². The molecule has 2 rings (SSSR count). The van der Waals surface area contributed by atoms with E-state index >= 15 is 0 Å². The van der Waals surface area contributed by atoms with Gasteiger partial charge in [0.05, 0.1) is 18.2 Å². The molecule has 5 nitrogen and oxygen atoms in total. The predicted molar refractivity (Wildman–Crippen MR) is 54.8 cm³/mol. The van der Waals surface area contributed by atoms with Crippen molar-refractivity contribution in [3.8, 4) is 6.07 Å². The van der Waals surface area contributed by atoms with Gasteiger partial charge in [-0.1, -0.05) is 0 Å². The van der Waals surface area contributed by atoms with Gasteiger partial charge in [0.2, 0.25) is 0 Å². The summed E-state index contributed by atoms with van der Waals surface area (Å²) in [6.07, 6.45) is 1.29. The Hall–Kier alpha value is -2.49. The van der Waals surface area contributed by atoms with Gasteiger partial charge in [-0.05, 0) is 12.1 Å². The SMILES string of the molecule is N#Cc1cc(F)c(NCc2ncn[nH]2)c(F)c1. The standard InChI is InChI=1S/C10H7F2N5/c11-7-1-6(3-13)2-8(12)10(7)14-4-9-15-5-16-17-9/h1-2,5,14H,4H2,(H,15,16,17). The van der Waals surface area contributed by atoms with Crippen molar-refractivity contribution in [2.45, 2.75) is 6.54 Å². The van der Waals surface area contributed by atoms with E-state index in [9.17, 15) is 8.78 Å². The minimum Gasteiger partial charge on any atom is -0.373 e. The number of aromatic nitrogens is 3. The van der Waals surface area contributed by atoms with Crippen LogP contribution >= 0.6 is 0 Å². The van der Waals surface area contributed by atoms with Gasteiger partial charge in [-0.25, -0.2) is 13.8 Å². The first-order valence-corrected chi connectivity index (χ1v) is 4.68. The quantitative estimate of drug-likeness (QED) is 0.846. The molecule has 2 aromatic rings. The molecule has 0 aliphatic rings. The first-order valence-electron chi connectivity index (χ1n) is 4.68. The van der Waals surface area contributed by atoms with E-state index in [1.54, 1.807) is 6.07 Å². The highest BCUT2D eigenvalue weighted by Crippen LogP contribution is 2.20. The van der Waals surface area contributed by atoms with Crippen molar-refractivity contribution >= 4 is 5.69 Å². The third-order valence-corrected chi connectivity index (χ3v) is 2.07. The summed E-state index contributed by atoms with van der Waals surface area (Å²) in [5, 5.41) is 17.2. The maximum Gasteiger partial charge on any atom is 0.150 e. The first-order chi connectivity index (χ1) is 8.20. The Morgan fingerprint density at radius 1 is 1.35 bits per heavy atom. The zero-order valence-corrected chi connectivity index (χ0v) is 8.54. The van der Waals surface area contributed by atoms with E-state index in [4.69, 9.17) is 5.26 Å². The van der Waals surface area contributed by atoms with Gasteiger partial charge in [-0.2, -0.15) is 10.4 Å². The summed E-state index contributed by atoms with van der Waals surface area (Å²) >= 11 is 0. The Bertz CT molecular complexity index is 536. The van der Waals surface area contributed by atoms with Crippen LogP contribution in [0.1, 0.15) is 11.4 Å². The number of benzene rings is 1. The lowest BCUT2D eigenvalue weighted by atomic mass is 10.2. The molecule has 86 valence electrons. The van der Waals surface area contributed by atoms with Crippen molar-refractivity contribution in [3.63, 3.8) is 0 Å². The van der Waals surface area contributed by atoms with Gasteiger partial charge in [0, 0.05) is 0 Å².